The van der Waals surface area contributed by atoms with Crippen LogP contribution in [0.4, 0.5) is 0 Å². The molecule has 1 aliphatic heterocycles. The third-order valence-corrected chi connectivity index (χ3v) is 5.06. The number of aromatic nitrogens is 3. The molecule has 4 rings (SSSR count). The van der Waals surface area contributed by atoms with Crippen molar-refractivity contribution in [2.45, 2.75) is 44.8 Å². The highest BCUT2D eigenvalue weighted by Gasteiger charge is 2.32. The van der Waals surface area contributed by atoms with Gasteiger partial charge in [-0.25, -0.2) is 4.98 Å². The second-order valence-electron chi connectivity index (χ2n) is 6.61. The van der Waals surface area contributed by atoms with Gasteiger partial charge >= 0.3 is 0 Å². The Bertz CT molecular complexity index is 663. The number of hydrogen-bond donors (Lipinski definition) is 1. The first-order valence-corrected chi connectivity index (χ1v) is 8.59. The number of fused-ring (bicyclic) bond motifs is 1. The summed E-state index contributed by atoms with van der Waals surface area (Å²) in [6.07, 6.45) is 9.60. The van der Waals surface area contributed by atoms with Gasteiger partial charge in [0.25, 0.3) is 0 Å². The standard InChI is InChI=1S/C17H24N4O2/c1-21-8-7-19-17(21)16-12(6-9-22-16)10-18-11-14-13-4-2-3-5-15(13)23-20-14/h7-8,12,16,18H,2-6,9-11H2,1H3/t12-,16+/m0/s1. The van der Waals surface area contributed by atoms with E-state index >= 15 is 0 Å². The Morgan fingerprint density at radius 1 is 1.35 bits per heavy atom. The molecule has 6 heteroatoms. The van der Waals surface area contributed by atoms with Gasteiger partial charge in [-0.05, 0) is 25.7 Å². The van der Waals surface area contributed by atoms with Crippen LogP contribution < -0.4 is 5.32 Å². The fraction of sp³-hybridized carbons (Fsp3) is 0.647. The smallest absolute Gasteiger partial charge is 0.140 e. The molecule has 124 valence electrons. The Labute approximate surface area is 136 Å². The molecule has 0 unspecified atom stereocenters. The number of rotatable bonds is 5. The summed E-state index contributed by atoms with van der Waals surface area (Å²) in [6, 6.07) is 0. The topological polar surface area (TPSA) is 65.1 Å². The number of nitrogens with one attached hydrogen (secondary N) is 1. The third kappa shape index (κ3) is 2.93. The van der Waals surface area contributed by atoms with Crippen LogP contribution in [-0.4, -0.2) is 27.9 Å². The van der Waals surface area contributed by atoms with Gasteiger partial charge in [0, 0.05) is 57.0 Å². The van der Waals surface area contributed by atoms with Gasteiger partial charge in [0.1, 0.15) is 23.4 Å². The molecule has 0 radical (unpaired) electrons. The summed E-state index contributed by atoms with van der Waals surface area (Å²) in [7, 11) is 2.02. The van der Waals surface area contributed by atoms with Crippen molar-refractivity contribution in [2.75, 3.05) is 13.2 Å². The Hall–Kier alpha value is -1.66. The summed E-state index contributed by atoms with van der Waals surface area (Å²) < 4.78 is 13.4. The zero-order chi connectivity index (χ0) is 15.6. The van der Waals surface area contributed by atoms with E-state index in [4.69, 9.17) is 9.26 Å². The molecule has 1 N–H and O–H groups in total. The maximum absolute atomic E-state index is 5.91. The molecule has 2 atom stereocenters. The predicted molar refractivity (Wildman–Crippen MR) is 84.9 cm³/mol. The molecule has 1 aliphatic carbocycles. The minimum absolute atomic E-state index is 0.0914. The lowest BCUT2D eigenvalue weighted by molar-refractivity contribution is 0.0810. The van der Waals surface area contributed by atoms with Crippen LogP contribution in [-0.2, 0) is 31.2 Å². The molecule has 1 fully saturated rings. The van der Waals surface area contributed by atoms with Gasteiger partial charge in [-0.2, -0.15) is 0 Å². The van der Waals surface area contributed by atoms with E-state index in [1.54, 1.807) is 0 Å². The largest absolute Gasteiger partial charge is 0.370 e. The lowest BCUT2D eigenvalue weighted by atomic mass is 9.96. The van der Waals surface area contributed by atoms with Gasteiger partial charge in [-0.3, -0.25) is 0 Å². The Balaban J connectivity index is 1.36. The first kappa shape index (κ1) is 14.9. The highest BCUT2D eigenvalue weighted by Crippen LogP contribution is 2.33. The fourth-order valence-electron chi connectivity index (χ4n) is 3.74. The number of hydrogen-bond acceptors (Lipinski definition) is 5. The Morgan fingerprint density at radius 2 is 2.26 bits per heavy atom. The fourth-order valence-corrected chi connectivity index (χ4v) is 3.74. The summed E-state index contributed by atoms with van der Waals surface area (Å²) in [5, 5.41) is 7.81. The number of ether oxygens (including phenoxy) is 1. The molecule has 0 bridgehead atoms. The quantitative estimate of drug-likeness (QED) is 0.915. The van der Waals surface area contributed by atoms with Gasteiger partial charge < -0.3 is 19.1 Å². The molecular formula is C17H24N4O2. The summed E-state index contributed by atoms with van der Waals surface area (Å²) in [5.74, 6) is 2.58. The molecule has 0 aromatic carbocycles. The van der Waals surface area contributed by atoms with E-state index in [2.05, 4.69) is 20.0 Å². The maximum atomic E-state index is 5.91. The van der Waals surface area contributed by atoms with E-state index in [9.17, 15) is 0 Å². The molecule has 1 saturated heterocycles. The molecule has 6 nitrogen and oxygen atoms in total. The first-order valence-electron chi connectivity index (χ1n) is 8.59. The van der Waals surface area contributed by atoms with Crippen molar-refractivity contribution in [3.63, 3.8) is 0 Å². The van der Waals surface area contributed by atoms with Crippen LogP contribution in [0.2, 0.25) is 0 Å². The first-order chi connectivity index (χ1) is 11.3. The Morgan fingerprint density at radius 3 is 3.13 bits per heavy atom. The van der Waals surface area contributed by atoms with E-state index in [-0.39, 0.29) is 6.10 Å². The second-order valence-corrected chi connectivity index (χ2v) is 6.61. The number of nitrogens with zero attached hydrogens (tertiary/aromatic N) is 3. The van der Waals surface area contributed by atoms with Crippen molar-refractivity contribution >= 4 is 0 Å². The van der Waals surface area contributed by atoms with E-state index in [0.29, 0.717) is 5.92 Å². The van der Waals surface area contributed by atoms with Gasteiger partial charge in [0.15, 0.2) is 0 Å². The molecule has 0 saturated carbocycles. The van der Waals surface area contributed by atoms with Crippen LogP contribution in [0.15, 0.2) is 16.9 Å². The van der Waals surface area contributed by atoms with Crippen molar-refractivity contribution in [2.24, 2.45) is 13.0 Å². The maximum Gasteiger partial charge on any atom is 0.140 e. The molecule has 0 spiro atoms. The molecule has 3 heterocycles. The van der Waals surface area contributed by atoms with E-state index in [1.165, 1.54) is 18.4 Å². The predicted octanol–water partition coefficient (Wildman–Crippen LogP) is 2.15. The van der Waals surface area contributed by atoms with Crippen molar-refractivity contribution in [1.82, 2.24) is 20.0 Å². The second kappa shape index (κ2) is 6.45. The van der Waals surface area contributed by atoms with Gasteiger partial charge in [-0.1, -0.05) is 5.16 Å². The highest BCUT2D eigenvalue weighted by atomic mass is 16.5. The molecular weight excluding hydrogens is 292 g/mol. The number of aryl methyl sites for hydroxylation is 2. The summed E-state index contributed by atoms with van der Waals surface area (Å²) >= 11 is 0. The molecule has 2 aromatic rings. The van der Waals surface area contributed by atoms with E-state index in [0.717, 1.165) is 56.2 Å². The summed E-state index contributed by atoms with van der Waals surface area (Å²) in [6.45, 7) is 2.50. The SMILES string of the molecule is Cn1ccnc1[C@@H]1OCC[C@H]1CNCc1noc2c1CCCC2. The molecule has 2 aromatic heterocycles. The van der Waals surface area contributed by atoms with Crippen LogP contribution in [0.3, 0.4) is 0 Å². The summed E-state index contributed by atoms with van der Waals surface area (Å²) in [4.78, 5) is 4.45. The average Bonchev–Trinajstić information content (AvgIpc) is 3.27. The van der Waals surface area contributed by atoms with Crippen molar-refractivity contribution in [3.05, 3.63) is 35.2 Å². The van der Waals surface area contributed by atoms with E-state index in [1.807, 2.05) is 19.4 Å². The summed E-state index contributed by atoms with van der Waals surface area (Å²) in [5.41, 5.74) is 2.43. The number of imidazole rings is 1. The van der Waals surface area contributed by atoms with Crippen LogP contribution in [0, 0.1) is 5.92 Å². The zero-order valence-corrected chi connectivity index (χ0v) is 13.6. The van der Waals surface area contributed by atoms with Gasteiger partial charge in [0.2, 0.25) is 0 Å². The monoisotopic (exact) mass is 316 g/mol. The normalized spacial score (nSPS) is 24.0. The highest BCUT2D eigenvalue weighted by molar-refractivity contribution is 5.25. The van der Waals surface area contributed by atoms with Crippen LogP contribution >= 0.6 is 0 Å². The minimum atomic E-state index is 0.0914. The lowest BCUT2D eigenvalue weighted by Crippen LogP contribution is -2.26. The van der Waals surface area contributed by atoms with Crippen molar-refractivity contribution in [1.29, 1.82) is 0 Å². The van der Waals surface area contributed by atoms with Crippen LogP contribution in [0.5, 0.6) is 0 Å². The van der Waals surface area contributed by atoms with Gasteiger partial charge in [-0.15, -0.1) is 0 Å². The molecule has 2 aliphatic rings. The minimum Gasteiger partial charge on any atom is -0.370 e. The van der Waals surface area contributed by atoms with Crippen LogP contribution in [0.1, 0.15) is 48.2 Å². The lowest BCUT2D eigenvalue weighted by Gasteiger charge is -2.18. The average molecular weight is 316 g/mol. The van der Waals surface area contributed by atoms with Crippen molar-refractivity contribution < 1.29 is 9.26 Å². The Kier molecular flexibility index (Phi) is 4.18. The third-order valence-electron chi connectivity index (χ3n) is 5.06. The zero-order valence-electron chi connectivity index (χ0n) is 13.6. The van der Waals surface area contributed by atoms with Crippen molar-refractivity contribution in [3.8, 4) is 0 Å². The molecule has 23 heavy (non-hydrogen) atoms. The van der Waals surface area contributed by atoms with E-state index < -0.39 is 0 Å². The van der Waals surface area contributed by atoms with Crippen LogP contribution in [0.25, 0.3) is 0 Å². The van der Waals surface area contributed by atoms with Gasteiger partial charge in [0.05, 0.1) is 0 Å². The molecule has 0 amide bonds.